The van der Waals surface area contributed by atoms with E-state index in [9.17, 15) is 9.59 Å². The maximum Gasteiger partial charge on any atom is 0.321 e. The zero-order valence-corrected chi connectivity index (χ0v) is 17.3. The fraction of sp³-hybridized carbons (Fsp3) is 0.895. The van der Waals surface area contributed by atoms with Gasteiger partial charge in [0.25, 0.3) is 0 Å². The number of carbonyl (C=O) groups is 2. The minimum atomic E-state index is -0.421. The summed E-state index contributed by atoms with van der Waals surface area (Å²) in [5.41, 5.74) is -0.347. The molecule has 1 rings (SSSR count). The van der Waals surface area contributed by atoms with Gasteiger partial charge in [-0.25, -0.2) is 4.79 Å². The van der Waals surface area contributed by atoms with Gasteiger partial charge in [0.05, 0.1) is 13.2 Å². The largest absolute Gasteiger partial charge is 0.383 e. The maximum absolute atomic E-state index is 12.0. The number of likely N-dealkylation sites (N-methyl/N-ethyl adjacent to an activating group) is 1. The van der Waals surface area contributed by atoms with Crippen molar-refractivity contribution in [1.29, 1.82) is 0 Å². The Kier molecular flexibility index (Phi) is 10.1. The van der Waals surface area contributed by atoms with E-state index in [2.05, 4.69) is 27.5 Å². The molecule has 0 unspecified atom stereocenters. The fourth-order valence-corrected chi connectivity index (χ4v) is 3.18. The van der Waals surface area contributed by atoms with E-state index in [1.165, 1.54) is 12.8 Å². The van der Waals surface area contributed by atoms with Gasteiger partial charge in [0.15, 0.2) is 0 Å². The molecule has 1 saturated heterocycles. The van der Waals surface area contributed by atoms with Gasteiger partial charge < -0.3 is 15.0 Å². The zero-order chi connectivity index (χ0) is 19.6. The quantitative estimate of drug-likeness (QED) is 0.646. The third kappa shape index (κ3) is 10.7. The molecule has 0 aromatic carbocycles. The molecule has 2 N–H and O–H groups in total. The normalized spacial score (nSPS) is 16.7. The lowest BCUT2D eigenvalue weighted by atomic mass is 9.92. The average molecular weight is 371 g/mol. The van der Waals surface area contributed by atoms with E-state index in [1.54, 1.807) is 7.11 Å². The summed E-state index contributed by atoms with van der Waals surface area (Å²) in [6, 6.07) is -0.421. The van der Waals surface area contributed by atoms with Crippen molar-refractivity contribution in [3.63, 3.8) is 0 Å². The highest BCUT2D eigenvalue weighted by Gasteiger charge is 2.22. The third-order valence-corrected chi connectivity index (χ3v) is 4.65. The number of nitrogens with one attached hydrogen (secondary N) is 2. The van der Waals surface area contributed by atoms with E-state index in [0.29, 0.717) is 6.54 Å². The topological polar surface area (TPSA) is 73.9 Å². The summed E-state index contributed by atoms with van der Waals surface area (Å²) < 4.78 is 5.10. The van der Waals surface area contributed by atoms with Crippen LogP contribution in [0.2, 0.25) is 0 Å². The van der Waals surface area contributed by atoms with Gasteiger partial charge in [-0.1, -0.05) is 0 Å². The average Bonchev–Trinajstić information content (AvgIpc) is 2.52. The first-order chi connectivity index (χ1) is 12.2. The first-order valence-electron chi connectivity index (χ1n) is 9.71. The molecule has 0 aromatic heterocycles. The van der Waals surface area contributed by atoms with Gasteiger partial charge in [-0.3, -0.25) is 15.0 Å². The highest BCUT2D eigenvalue weighted by molar-refractivity contribution is 5.95. The number of methoxy groups -OCH3 is 1. The summed E-state index contributed by atoms with van der Waals surface area (Å²) >= 11 is 0. The van der Waals surface area contributed by atoms with E-state index in [0.717, 1.165) is 51.5 Å². The van der Waals surface area contributed by atoms with Crippen LogP contribution in [0.15, 0.2) is 0 Å². The van der Waals surface area contributed by atoms with Crippen LogP contribution < -0.4 is 10.6 Å². The van der Waals surface area contributed by atoms with Crippen LogP contribution in [0.5, 0.6) is 0 Å². The lowest BCUT2D eigenvalue weighted by Gasteiger charge is -2.31. The molecule has 3 amide bonds. The molecule has 1 heterocycles. The summed E-state index contributed by atoms with van der Waals surface area (Å²) in [4.78, 5) is 28.2. The van der Waals surface area contributed by atoms with Crippen molar-refractivity contribution in [2.45, 2.75) is 52.0 Å². The number of nitrogens with zero attached hydrogens (tertiary/aromatic N) is 2. The summed E-state index contributed by atoms with van der Waals surface area (Å²) in [5, 5.41) is 5.15. The molecule has 152 valence electrons. The van der Waals surface area contributed by atoms with Gasteiger partial charge in [-0.15, -0.1) is 0 Å². The summed E-state index contributed by atoms with van der Waals surface area (Å²) in [6.45, 7) is 10.7. The van der Waals surface area contributed by atoms with Gasteiger partial charge in [-0.05, 0) is 79.1 Å². The van der Waals surface area contributed by atoms with Crippen molar-refractivity contribution in [2.24, 2.45) is 5.92 Å². The van der Waals surface area contributed by atoms with Gasteiger partial charge in [0, 0.05) is 19.2 Å². The van der Waals surface area contributed by atoms with Crippen molar-refractivity contribution in [1.82, 2.24) is 20.4 Å². The number of hydrogen-bond acceptors (Lipinski definition) is 5. The highest BCUT2D eigenvalue weighted by Crippen LogP contribution is 2.21. The Bertz CT molecular complexity index is 429. The second-order valence-corrected chi connectivity index (χ2v) is 8.41. The molecule has 0 radical (unpaired) electrons. The SMILES string of the molecule is COCCN(C)CCCC1CCN(CC(=O)NC(=O)NC(C)(C)C)CC1. The molecule has 7 heteroatoms. The van der Waals surface area contributed by atoms with E-state index in [1.807, 2.05) is 20.8 Å². The van der Waals surface area contributed by atoms with E-state index < -0.39 is 6.03 Å². The van der Waals surface area contributed by atoms with Crippen molar-refractivity contribution < 1.29 is 14.3 Å². The molecule has 7 nitrogen and oxygen atoms in total. The monoisotopic (exact) mass is 370 g/mol. The Morgan fingerprint density at radius 1 is 1.19 bits per heavy atom. The second-order valence-electron chi connectivity index (χ2n) is 8.41. The number of ether oxygens (including phenoxy) is 1. The fourth-order valence-electron chi connectivity index (χ4n) is 3.18. The Morgan fingerprint density at radius 3 is 2.42 bits per heavy atom. The molecule has 0 spiro atoms. The summed E-state index contributed by atoms with van der Waals surface area (Å²) in [7, 11) is 3.87. The van der Waals surface area contributed by atoms with Gasteiger partial charge in [-0.2, -0.15) is 0 Å². The lowest BCUT2D eigenvalue weighted by Crippen LogP contribution is -2.51. The van der Waals surface area contributed by atoms with Crippen molar-refractivity contribution in [2.75, 3.05) is 53.5 Å². The number of imide groups is 1. The van der Waals surface area contributed by atoms with E-state index in [4.69, 9.17) is 4.74 Å². The first kappa shape index (κ1) is 22.9. The van der Waals surface area contributed by atoms with E-state index in [-0.39, 0.29) is 11.4 Å². The highest BCUT2D eigenvalue weighted by atomic mass is 16.5. The number of carbonyl (C=O) groups excluding carboxylic acids is 2. The molecule has 26 heavy (non-hydrogen) atoms. The lowest BCUT2D eigenvalue weighted by molar-refractivity contribution is -0.121. The number of likely N-dealkylation sites (tertiary alicyclic amines) is 1. The van der Waals surface area contributed by atoms with Crippen LogP contribution in [-0.2, 0) is 9.53 Å². The maximum atomic E-state index is 12.0. The number of rotatable bonds is 9. The molecule has 0 atom stereocenters. The van der Waals surface area contributed by atoms with Gasteiger partial charge in [0.2, 0.25) is 5.91 Å². The Balaban J connectivity index is 2.15. The Morgan fingerprint density at radius 2 is 1.85 bits per heavy atom. The van der Waals surface area contributed by atoms with Crippen molar-refractivity contribution in [3.8, 4) is 0 Å². The number of urea groups is 1. The van der Waals surface area contributed by atoms with Crippen LogP contribution in [0.1, 0.15) is 46.5 Å². The minimum absolute atomic E-state index is 0.232. The zero-order valence-electron chi connectivity index (χ0n) is 17.3. The van der Waals surface area contributed by atoms with Crippen molar-refractivity contribution in [3.05, 3.63) is 0 Å². The number of piperidine rings is 1. The molecule has 0 aliphatic carbocycles. The standard InChI is InChI=1S/C19H38N4O3/c1-19(2,3)21-18(25)20-17(24)15-23-11-8-16(9-12-23)7-6-10-22(4)13-14-26-5/h16H,6-15H2,1-5H3,(H2,20,21,24,25). The van der Waals surface area contributed by atoms with Crippen molar-refractivity contribution >= 4 is 11.9 Å². The molecule has 0 saturated carbocycles. The van der Waals surface area contributed by atoms with Crippen LogP contribution in [0.3, 0.4) is 0 Å². The molecule has 1 fully saturated rings. The van der Waals surface area contributed by atoms with Gasteiger partial charge >= 0.3 is 6.03 Å². The minimum Gasteiger partial charge on any atom is -0.383 e. The van der Waals surface area contributed by atoms with Gasteiger partial charge in [0.1, 0.15) is 0 Å². The summed E-state index contributed by atoms with van der Waals surface area (Å²) in [5.74, 6) is 0.513. The second kappa shape index (κ2) is 11.5. The molecular formula is C19H38N4O3. The molecule has 1 aliphatic rings. The third-order valence-electron chi connectivity index (χ3n) is 4.65. The Labute approximate surface area is 158 Å². The molecular weight excluding hydrogens is 332 g/mol. The smallest absolute Gasteiger partial charge is 0.321 e. The number of amides is 3. The first-order valence-corrected chi connectivity index (χ1v) is 9.71. The van der Waals surface area contributed by atoms with Crippen LogP contribution in [0.25, 0.3) is 0 Å². The van der Waals surface area contributed by atoms with Crippen LogP contribution >= 0.6 is 0 Å². The van der Waals surface area contributed by atoms with E-state index >= 15 is 0 Å². The molecule has 0 bridgehead atoms. The molecule has 0 aromatic rings. The number of hydrogen-bond donors (Lipinski definition) is 2. The Hall–Kier alpha value is -1.18. The van der Waals surface area contributed by atoms with Crippen LogP contribution in [0, 0.1) is 5.92 Å². The van der Waals surface area contributed by atoms with Crippen LogP contribution in [0.4, 0.5) is 4.79 Å². The predicted molar refractivity (Wildman–Crippen MR) is 104 cm³/mol. The van der Waals surface area contributed by atoms with Crippen LogP contribution in [-0.4, -0.2) is 80.8 Å². The predicted octanol–water partition coefficient (Wildman–Crippen LogP) is 1.68. The molecule has 1 aliphatic heterocycles. The summed E-state index contributed by atoms with van der Waals surface area (Å²) in [6.07, 6.45) is 4.70.